The highest BCUT2D eigenvalue weighted by Crippen LogP contribution is 2.08. The number of nitrogens with zero attached hydrogens (tertiary/aromatic N) is 1. The maximum Gasteiger partial charge on any atom is 0.358 e. The van der Waals surface area contributed by atoms with Crippen molar-refractivity contribution in [2.45, 2.75) is 13.5 Å². The van der Waals surface area contributed by atoms with E-state index in [9.17, 15) is 4.79 Å². The number of hydrogen-bond donors (Lipinski definition) is 2. The number of carboxylic acid groups (broad SMARTS) is 1. The Balaban J connectivity index is 3.07. The minimum Gasteiger partial charge on any atom is -0.476 e. The summed E-state index contributed by atoms with van der Waals surface area (Å²) in [6.07, 6.45) is 0. The molecule has 1 aromatic rings. The Morgan fingerprint density at radius 2 is 2.45 bits per heavy atom. The van der Waals surface area contributed by atoms with Gasteiger partial charge in [0, 0.05) is 0 Å². The summed E-state index contributed by atoms with van der Waals surface area (Å²) < 4.78 is 4.91. The fourth-order valence-corrected chi connectivity index (χ4v) is 0.737. The van der Waals surface area contributed by atoms with E-state index in [2.05, 4.69) is 4.98 Å². The van der Waals surface area contributed by atoms with Gasteiger partial charge in [-0.25, -0.2) is 9.78 Å². The molecule has 3 N–H and O–H groups in total. The highest BCUT2D eigenvalue weighted by atomic mass is 16.4. The van der Waals surface area contributed by atoms with Crippen LogP contribution in [0.4, 0.5) is 0 Å². The van der Waals surface area contributed by atoms with Gasteiger partial charge in [0.2, 0.25) is 5.89 Å². The van der Waals surface area contributed by atoms with Crippen molar-refractivity contribution in [3.05, 3.63) is 17.3 Å². The number of aromatic nitrogens is 1. The number of aromatic carboxylic acids is 1. The molecular weight excluding hydrogens is 148 g/mol. The summed E-state index contributed by atoms with van der Waals surface area (Å²) in [6.45, 7) is 1.66. The first-order chi connectivity index (χ1) is 5.15. The molecule has 0 aliphatic carbocycles. The van der Waals surface area contributed by atoms with Crippen molar-refractivity contribution in [1.82, 2.24) is 4.98 Å². The van der Waals surface area contributed by atoms with E-state index in [0.29, 0.717) is 0 Å². The summed E-state index contributed by atoms with van der Waals surface area (Å²) in [4.78, 5) is 14.0. The lowest BCUT2D eigenvalue weighted by atomic mass is 10.4. The topological polar surface area (TPSA) is 89.4 Å². The van der Waals surface area contributed by atoms with E-state index in [1.165, 1.54) is 6.92 Å². The van der Waals surface area contributed by atoms with E-state index < -0.39 is 5.97 Å². The van der Waals surface area contributed by atoms with Gasteiger partial charge < -0.3 is 15.3 Å². The summed E-state index contributed by atoms with van der Waals surface area (Å²) in [5, 5.41) is 8.51. The van der Waals surface area contributed by atoms with Gasteiger partial charge in [-0.1, -0.05) is 0 Å². The van der Waals surface area contributed by atoms with Crippen molar-refractivity contribution < 1.29 is 14.3 Å². The molecule has 5 nitrogen and oxygen atoms in total. The maximum atomic E-state index is 10.4. The van der Waals surface area contributed by atoms with E-state index in [0.717, 1.165) is 0 Å². The Kier molecular flexibility index (Phi) is 1.91. The van der Waals surface area contributed by atoms with Gasteiger partial charge in [-0.2, -0.15) is 0 Å². The predicted octanol–water partition coefficient (Wildman–Crippen LogP) is 0.140. The van der Waals surface area contributed by atoms with Crippen LogP contribution in [0.25, 0.3) is 0 Å². The Morgan fingerprint density at radius 1 is 1.82 bits per heavy atom. The average Bonchev–Trinajstić information content (AvgIpc) is 2.30. The number of carboxylic acids is 1. The summed E-state index contributed by atoms with van der Waals surface area (Å²) in [6, 6.07) is 0. The third-order valence-corrected chi connectivity index (χ3v) is 1.22. The van der Waals surface area contributed by atoms with Crippen molar-refractivity contribution in [1.29, 1.82) is 0 Å². The zero-order valence-electron chi connectivity index (χ0n) is 6.00. The zero-order valence-corrected chi connectivity index (χ0v) is 6.00. The smallest absolute Gasteiger partial charge is 0.358 e. The van der Waals surface area contributed by atoms with Crippen molar-refractivity contribution >= 4 is 5.97 Å². The number of hydrogen-bond acceptors (Lipinski definition) is 4. The van der Waals surface area contributed by atoms with Crippen LogP contribution in [0, 0.1) is 6.92 Å². The molecule has 0 saturated carbocycles. The first-order valence-corrected chi connectivity index (χ1v) is 3.04. The summed E-state index contributed by atoms with van der Waals surface area (Å²) in [7, 11) is 0. The molecule has 0 spiro atoms. The molecule has 0 saturated heterocycles. The molecule has 0 bridgehead atoms. The summed E-state index contributed by atoms with van der Waals surface area (Å²) >= 11 is 0. The van der Waals surface area contributed by atoms with Crippen molar-refractivity contribution in [3.8, 4) is 0 Å². The largest absolute Gasteiger partial charge is 0.476 e. The van der Waals surface area contributed by atoms with E-state index in [-0.39, 0.29) is 23.9 Å². The molecule has 0 fully saturated rings. The van der Waals surface area contributed by atoms with Gasteiger partial charge in [-0.05, 0) is 6.92 Å². The second-order valence-electron chi connectivity index (χ2n) is 2.02. The third-order valence-electron chi connectivity index (χ3n) is 1.22. The molecule has 1 rings (SSSR count). The standard InChI is InChI=1S/C6H8N2O3/c1-3-5(6(9)10)8-4(2-7)11-3/h2,7H2,1H3,(H,9,10). The van der Waals surface area contributed by atoms with Crippen molar-refractivity contribution in [3.63, 3.8) is 0 Å². The first kappa shape index (κ1) is 7.74. The van der Waals surface area contributed by atoms with Crippen LogP contribution in [-0.4, -0.2) is 16.1 Å². The summed E-state index contributed by atoms with van der Waals surface area (Å²) in [5.41, 5.74) is 5.12. The van der Waals surface area contributed by atoms with Gasteiger partial charge in [-0.3, -0.25) is 0 Å². The highest BCUT2D eigenvalue weighted by Gasteiger charge is 2.14. The molecule has 60 valence electrons. The van der Waals surface area contributed by atoms with Crippen molar-refractivity contribution in [2.75, 3.05) is 0 Å². The predicted molar refractivity (Wildman–Crippen MR) is 36.1 cm³/mol. The van der Waals surface area contributed by atoms with E-state index in [1.54, 1.807) is 0 Å². The molecule has 0 aliphatic heterocycles. The quantitative estimate of drug-likeness (QED) is 0.635. The Bertz CT molecular complexity index is 279. The maximum absolute atomic E-state index is 10.4. The van der Waals surface area contributed by atoms with Gasteiger partial charge in [0.1, 0.15) is 5.76 Å². The zero-order chi connectivity index (χ0) is 8.43. The summed E-state index contributed by atoms with van der Waals surface area (Å²) in [5.74, 6) is -0.552. The van der Waals surface area contributed by atoms with Crippen LogP contribution in [0.15, 0.2) is 4.42 Å². The number of nitrogens with two attached hydrogens (primary N) is 1. The lowest BCUT2D eigenvalue weighted by Gasteiger charge is -1.83. The van der Waals surface area contributed by atoms with Gasteiger partial charge in [0.25, 0.3) is 0 Å². The normalized spacial score (nSPS) is 10.0. The van der Waals surface area contributed by atoms with Crippen molar-refractivity contribution in [2.24, 2.45) is 5.73 Å². The molecule has 0 aliphatic rings. The van der Waals surface area contributed by atoms with E-state index in [1.807, 2.05) is 0 Å². The molecule has 1 heterocycles. The molecule has 0 atom stereocenters. The van der Waals surface area contributed by atoms with Crippen LogP contribution in [-0.2, 0) is 6.54 Å². The van der Waals surface area contributed by atoms with E-state index in [4.69, 9.17) is 15.3 Å². The number of oxazole rings is 1. The van der Waals surface area contributed by atoms with Gasteiger partial charge >= 0.3 is 5.97 Å². The lowest BCUT2D eigenvalue weighted by Crippen LogP contribution is -2.00. The lowest BCUT2D eigenvalue weighted by molar-refractivity contribution is 0.0689. The second-order valence-corrected chi connectivity index (χ2v) is 2.02. The van der Waals surface area contributed by atoms with Gasteiger partial charge in [0.15, 0.2) is 5.69 Å². The van der Waals surface area contributed by atoms with Gasteiger partial charge in [-0.15, -0.1) is 0 Å². The van der Waals surface area contributed by atoms with E-state index >= 15 is 0 Å². The van der Waals surface area contributed by atoms with Crippen LogP contribution in [0.2, 0.25) is 0 Å². The molecule has 11 heavy (non-hydrogen) atoms. The molecule has 0 unspecified atom stereocenters. The number of rotatable bonds is 2. The molecule has 1 aromatic heterocycles. The highest BCUT2D eigenvalue weighted by molar-refractivity contribution is 5.86. The first-order valence-electron chi connectivity index (χ1n) is 3.04. The molecule has 0 aromatic carbocycles. The monoisotopic (exact) mass is 156 g/mol. The second kappa shape index (κ2) is 2.71. The fraction of sp³-hybridized carbons (Fsp3) is 0.333. The SMILES string of the molecule is Cc1oc(CN)nc1C(=O)O. The average molecular weight is 156 g/mol. The number of aryl methyl sites for hydroxylation is 1. The van der Waals surface area contributed by atoms with Crippen LogP contribution in [0.3, 0.4) is 0 Å². The molecule has 5 heteroatoms. The van der Waals surface area contributed by atoms with Crippen LogP contribution >= 0.6 is 0 Å². The minimum absolute atomic E-state index is 0.0644. The molecule has 0 radical (unpaired) electrons. The van der Waals surface area contributed by atoms with Crippen LogP contribution in [0.5, 0.6) is 0 Å². The van der Waals surface area contributed by atoms with Gasteiger partial charge in [0.05, 0.1) is 6.54 Å². The third kappa shape index (κ3) is 1.38. The van der Waals surface area contributed by atoms with Crippen LogP contribution < -0.4 is 5.73 Å². The fourth-order valence-electron chi connectivity index (χ4n) is 0.737. The Hall–Kier alpha value is -1.36. The Morgan fingerprint density at radius 3 is 2.73 bits per heavy atom. The molecular formula is C6H8N2O3. The Labute approximate surface area is 62.8 Å². The van der Waals surface area contributed by atoms with Crippen LogP contribution in [0.1, 0.15) is 22.1 Å². The number of carbonyl (C=O) groups is 1. The molecule has 0 amide bonds. The minimum atomic E-state index is -1.09.